The van der Waals surface area contributed by atoms with E-state index in [1.165, 1.54) is 12.8 Å². The molecule has 1 aromatic carbocycles. The van der Waals surface area contributed by atoms with E-state index >= 15 is 0 Å². The predicted molar refractivity (Wildman–Crippen MR) is 65.7 cm³/mol. The highest BCUT2D eigenvalue weighted by Gasteiger charge is 2.29. The molecule has 94 valence electrons. The quantitative estimate of drug-likeness (QED) is 0.820. The number of ether oxygens (including phenoxy) is 3. The van der Waals surface area contributed by atoms with Crippen molar-refractivity contribution in [2.45, 2.75) is 18.9 Å². The molecule has 1 aliphatic carbocycles. The van der Waals surface area contributed by atoms with Crippen molar-refractivity contribution >= 4 is 0 Å². The summed E-state index contributed by atoms with van der Waals surface area (Å²) < 4.78 is 16.2. The second-order valence-electron chi connectivity index (χ2n) is 4.30. The van der Waals surface area contributed by atoms with Crippen molar-refractivity contribution in [3.8, 4) is 17.2 Å². The van der Waals surface area contributed by atoms with Crippen LogP contribution in [-0.2, 0) is 0 Å². The molecule has 1 unspecified atom stereocenters. The maximum Gasteiger partial charge on any atom is 0.203 e. The molecule has 0 aromatic heterocycles. The lowest BCUT2D eigenvalue weighted by molar-refractivity contribution is 0.248. The van der Waals surface area contributed by atoms with E-state index < -0.39 is 0 Å². The van der Waals surface area contributed by atoms with Crippen LogP contribution in [0.2, 0.25) is 0 Å². The summed E-state index contributed by atoms with van der Waals surface area (Å²) in [7, 11) is 3.23. The summed E-state index contributed by atoms with van der Waals surface area (Å²) in [6, 6.07) is 5.66. The number of hydrogen-bond donors (Lipinski definition) is 1. The van der Waals surface area contributed by atoms with Gasteiger partial charge >= 0.3 is 0 Å². The van der Waals surface area contributed by atoms with E-state index in [2.05, 4.69) is 0 Å². The van der Waals surface area contributed by atoms with E-state index in [1.807, 2.05) is 18.2 Å². The SMILES string of the molecule is COc1cccc(OC)c1OCC(N)C1CC1. The van der Waals surface area contributed by atoms with Gasteiger partial charge in [-0.3, -0.25) is 0 Å². The Bertz CT molecular complexity index is 355. The van der Waals surface area contributed by atoms with Crippen LogP contribution < -0.4 is 19.9 Å². The average Bonchev–Trinajstić information content (AvgIpc) is 3.19. The van der Waals surface area contributed by atoms with Gasteiger partial charge in [-0.05, 0) is 30.9 Å². The summed E-state index contributed by atoms with van der Waals surface area (Å²) in [5.74, 6) is 2.60. The Kier molecular flexibility index (Phi) is 3.74. The van der Waals surface area contributed by atoms with Crippen LogP contribution in [0.1, 0.15) is 12.8 Å². The Balaban J connectivity index is 2.06. The van der Waals surface area contributed by atoms with Gasteiger partial charge in [0.1, 0.15) is 6.61 Å². The molecule has 2 rings (SSSR count). The van der Waals surface area contributed by atoms with Crippen molar-refractivity contribution in [3.63, 3.8) is 0 Å². The van der Waals surface area contributed by atoms with Gasteiger partial charge in [0.15, 0.2) is 11.5 Å². The Morgan fingerprint density at radius 1 is 1.24 bits per heavy atom. The molecule has 0 heterocycles. The molecule has 4 nitrogen and oxygen atoms in total. The van der Waals surface area contributed by atoms with Crippen LogP contribution in [0.3, 0.4) is 0 Å². The third-order valence-corrected chi connectivity index (χ3v) is 3.03. The first kappa shape index (κ1) is 12.0. The van der Waals surface area contributed by atoms with E-state index in [0.717, 1.165) is 0 Å². The minimum Gasteiger partial charge on any atom is -0.493 e. The first-order valence-electron chi connectivity index (χ1n) is 5.85. The largest absolute Gasteiger partial charge is 0.493 e. The fraction of sp³-hybridized carbons (Fsp3) is 0.538. The van der Waals surface area contributed by atoms with E-state index in [-0.39, 0.29) is 6.04 Å². The molecule has 0 amide bonds. The van der Waals surface area contributed by atoms with Crippen LogP contribution in [0.25, 0.3) is 0 Å². The van der Waals surface area contributed by atoms with Gasteiger partial charge in [-0.1, -0.05) is 6.07 Å². The van der Waals surface area contributed by atoms with Crippen LogP contribution in [0.15, 0.2) is 18.2 Å². The minimum absolute atomic E-state index is 0.101. The fourth-order valence-corrected chi connectivity index (χ4v) is 1.80. The maximum absolute atomic E-state index is 6.00. The summed E-state index contributed by atoms with van der Waals surface area (Å²) in [5.41, 5.74) is 6.00. The molecule has 1 fully saturated rings. The zero-order chi connectivity index (χ0) is 12.3. The number of methoxy groups -OCH3 is 2. The second kappa shape index (κ2) is 5.27. The summed E-state index contributed by atoms with van der Waals surface area (Å²) >= 11 is 0. The molecule has 0 bridgehead atoms. The van der Waals surface area contributed by atoms with Gasteiger partial charge < -0.3 is 19.9 Å². The average molecular weight is 237 g/mol. The molecule has 0 aliphatic heterocycles. The monoisotopic (exact) mass is 237 g/mol. The molecule has 1 atom stereocenters. The Morgan fingerprint density at radius 2 is 1.82 bits per heavy atom. The maximum atomic E-state index is 6.00. The number of para-hydroxylation sites is 1. The summed E-state index contributed by atoms with van der Waals surface area (Å²) in [5, 5.41) is 0. The molecule has 4 heteroatoms. The van der Waals surface area contributed by atoms with Gasteiger partial charge in [0.25, 0.3) is 0 Å². The van der Waals surface area contributed by atoms with E-state index in [0.29, 0.717) is 29.8 Å². The first-order chi connectivity index (χ1) is 8.26. The molecule has 0 spiro atoms. The Labute approximate surface area is 102 Å². The molecule has 1 saturated carbocycles. The van der Waals surface area contributed by atoms with Crippen molar-refractivity contribution in [2.75, 3.05) is 20.8 Å². The van der Waals surface area contributed by atoms with Gasteiger partial charge in [0.2, 0.25) is 5.75 Å². The van der Waals surface area contributed by atoms with Crippen molar-refractivity contribution in [1.29, 1.82) is 0 Å². The predicted octanol–water partition coefficient (Wildman–Crippen LogP) is 1.82. The smallest absolute Gasteiger partial charge is 0.203 e. The van der Waals surface area contributed by atoms with Crippen molar-refractivity contribution in [3.05, 3.63) is 18.2 Å². The van der Waals surface area contributed by atoms with Crippen molar-refractivity contribution in [1.82, 2.24) is 0 Å². The minimum atomic E-state index is 0.101. The Morgan fingerprint density at radius 3 is 2.29 bits per heavy atom. The molecule has 0 saturated heterocycles. The molecule has 1 aliphatic rings. The third-order valence-electron chi connectivity index (χ3n) is 3.03. The van der Waals surface area contributed by atoms with E-state index in [4.69, 9.17) is 19.9 Å². The van der Waals surface area contributed by atoms with Crippen molar-refractivity contribution < 1.29 is 14.2 Å². The second-order valence-corrected chi connectivity index (χ2v) is 4.30. The number of hydrogen-bond acceptors (Lipinski definition) is 4. The third kappa shape index (κ3) is 2.82. The topological polar surface area (TPSA) is 53.7 Å². The zero-order valence-corrected chi connectivity index (χ0v) is 10.3. The lowest BCUT2D eigenvalue weighted by Gasteiger charge is -2.16. The Hall–Kier alpha value is -1.42. The van der Waals surface area contributed by atoms with Gasteiger partial charge in [-0.25, -0.2) is 0 Å². The number of rotatable bonds is 6. The van der Waals surface area contributed by atoms with Crippen LogP contribution >= 0.6 is 0 Å². The highest BCUT2D eigenvalue weighted by atomic mass is 16.5. The summed E-state index contributed by atoms with van der Waals surface area (Å²) in [6.07, 6.45) is 2.43. The van der Waals surface area contributed by atoms with Gasteiger partial charge in [0.05, 0.1) is 14.2 Å². The van der Waals surface area contributed by atoms with Gasteiger partial charge in [0, 0.05) is 6.04 Å². The van der Waals surface area contributed by atoms with E-state index in [9.17, 15) is 0 Å². The van der Waals surface area contributed by atoms with Crippen LogP contribution in [0, 0.1) is 5.92 Å². The first-order valence-corrected chi connectivity index (χ1v) is 5.85. The summed E-state index contributed by atoms with van der Waals surface area (Å²) in [4.78, 5) is 0. The van der Waals surface area contributed by atoms with Crippen LogP contribution in [0.5, 0.6) is 17.2 Å². The fourth-order valence-electron chi connectivity index (χ4n) is 1.80. The molecular formula is C13H19NO3. The van der Waals surface area contributed by atoms with Crippen molar-refractivity contribution in [2.24, 2.45) is 11.7 Å². The molecular weight excluding hydrogens is 218 g/mol. The number of benzene rings is 1. The zero-order valence-electron chi connectivity index (χ0n) is 10.3. The highest BCUT2D eigenvalue weighted by molar-refractivity contribution is 5.51. The van der Waals surface area contributed by atoms with Crippen LogP contribution in [0.4, 0.5) is 0 Å². The molecule has 2 N–H and O–H groups in total. The van der Waals surface area contributed by atoms with Gasteiger partial charge in [-0.15, -0.1) is 0 Å². The highest BCUT2D eigenvalue weighted by Crippen LogP contribution is 2.38. The van der Waals surface area contributed by atoms with Crippen LogP contribution in [-0.4, -0.2) is 26.9 Å². The lowest BCUT2D eigenvalue weighted by atomic mass is 10.2. The normalized spacial score (nSPS) is 16.4. The standard InChI is InChI=1S/C13H19NO3/c1-15-11-4-3-5-12(16-2)13(11)17-8-10(14)9-6-7-9/h3-5,9-10H,6-8,14H2,1-2H3. The summed E-state index contributed by atoms with van der Waals surface area (Å²) in [6.45, 7) is 0.501. The number of nitrogens with two attached hydrogens (primary N) is 1. The van der Waals surface area contributed by atoms with Gasteiger partial charge in [-0.2, -0.15) is 0 Å². The molecule has 17 heavy (non-hydrogen) atoms. The molecule has 1 aromatic rings. The van der Waals surface area contributed by atoms with E-state index in [1.54, 1.807) is 14.2 Å². The lowest BCUT2D eigenvalue weighted by Crippen LogP contribution is -2.30. The molecule has 0 radical (unpaired) electrons.